The molecule has 6 nitrogen and oxygen atoms in total. The van der Waals surface area contributed by atoms with E-state index in [-0.39, 0.29) is 24.0 Å². The Bertz CT molecular complexity index is 767. The average Bonchev–Trinajstić information content (AvgIpc) is 3.54. The first-order chi connectivity index (χ1) is 14.3. The fraction of sp³-hybridized carbons (Fsp3) is 0.545. The van der Waals surface area contributed by atoms with Crippen molar-refractivity contribution < 1.29 is 0 Å². The van der Waals surface area contributed by atoms with Crippen LogP contribution in [-0.2, 0) is 6.54 Å². The van der Waals surface area contributed by atoms with Crippen LogP contribution in [0.1, 0.15) is 42.2 Å². The summed E-state index contributed by atoms with van der Waals surface area (Å²) in [6.07, 6.45) is 7.13. The molecule has 2 fully saturated rings. The number of likely N-dealkylation sites (tertiary alicyclic amines) is 1. The van der Waals surface area contributed by atoms with Gasteiger partial charge in [0.15, 0.2) is 5.96 Å². The minimum Gasteiger partial charge on any atom is -0.357 e. The highest BCUT2D eigenvalue weighted by atomic mass is 127. The van der Waals surface area contributed by atoms with Crippen molar-refractivity contribution in [3.63, 3.8) is 0 Å². The molecule has 2 aliphatic rings. The van der Waals surface area contributed by atoms with E-state index in [4.69, 9.17) is 0 Å². The second kappa shape index (κ2) is 11.9. The molecule has 2 aromatic heterocycles. The standard InChI is InChI=1S/C22H32N6S.HI/c1-23-22(25-16-18-8-9-21(24-15-18)28-12-4-5-13-28)26-17-19(20-7-6-14-29-20)27-10-2-3-11-27;/h6-9,14-15,19H,2-5,10-13,16-17H2,1H3,(H2,23,25,26);1H. The molecule has 0 spiro atoms. The molecule has 4 heterocycles. The summed E-state index contributed by atoms with van der Waals surface area (Å²) in [4.78, 5) is 15.4. The van der Waals surface area contributed by atoms with Gasteiger partial charge in [-0.1, -0.05) is 12.1 Å². The molecule has 30 heavy (non-hydrogen) atoms. The number of guanidine groups is 1. The minimum absolute atomic E-state index is 0. The van der Waals surface area contributed by atoms with Crippen LogP contribution in [0.2, 0.25) is 0 Å². The lowest BCUT2D eigenvalue weighted by Crippen LogP contribution is -2.42. The lowest BCUT2D eigenvalue weighted by molar-refractivity contribution is 0.249. The first kappa shape index (κ1) is 23.3. The molecular formula is C22H33IN6S. The van der Waals surface area contributed by atoms with Gasteiger partial charge in [-0.3, -0.25) is 9.89 Å². The Hall–Kier alpha value is -1.39. The zero-order valence-corrected chi connectivity index (χ0v) is 20.9. The van der Waals surface area contributed by atoms with Crippen LogP contribution in [0.15, 0.2) is 40.8 Å². The second-order valence-corrected chi connectivity index (χ2v) is 8.78. The Labute approximate surface area is 201 Å². The van der Waals surface area contributed by atoms with Gasteiger partial charge in [-0.2, -0.15) is 0 Å². The molecule has 2 aliphatic heterocycles. The summed E-state index contributed by atoms with van der Waals surface area (Å²) < 4.78 is 0. The summed E-state index contributed by atoms with van der Waals surface area (Å²) in [7, 11) is 1.83. The Morgan fingerprint density at radius 2 is 1.87 bits per heavy atom. The Morgan fingerprint density at radius 3 is 2.50 bits per heavy atom. The monoisotopic (exact) mass is 540 g/mol. The van der Waals surface area contributed by atoms with E-state index in [0.717, 1.165) is 38.0 Å². The van der Waals surface area contributed by atoms with Crippen LogP contribution in [0, 0.1) is 0 Å². The third-order valence-corrected chi connectivity index (χ3v) is 6.81. The van der Waals surface area contributed by atoms with Crippen molar-refractivity contribution in [2.75, 3.05) is 44.7 Å². The van der Waals surface area contributed by atoms with Crippen molar-refractivity contribution in [3.8, 4) is 0 Å². The number of halogens is 1. The molecule has 1 unspecified atom stereocenters. The Kier molecular flexibility index (Phi) is 9.20. The first-order valence-electron chi connectivity index (χ1n) is 10.8. The molecule has 0 aromatic carbocycles. The van der Waals surface area contributed by atoms with Gasteiger partial charge in [-0.25, -0.2) is 4.98 Å². The summed E-state index contributed by atoms with van der Waals surface area (Å²) in [6, 6.07) is 9.12. The molecule has 0 aliphatic carbocycles. The van der Waals surface area contributed by atoms with Crippen LogP contribution in [0.4, 0.5) is 5.82 Å². The number of anilines is 1. The number of hydrogen-bond acceptors (Lipinski definition) is 5. The third kappa shape index (κ3) is 6.07. The highest BCUT2D eigenvalue weighted by molar-refractivity contribution is 14.0. The molecule has 164 valence electrons. The van der Waals surface area contributed by atoms with Crippen molar-refractivity contribution in [2.45, 2.75) is 38.3 Å². The van der Waals surface area contributed by atoms with Crippen molar-refractivity contribution >= 4 is 47.1 Å². The van der Waals surface area contributed by atoms with Gasteiger partial charge in [0, 0.05) is 44.3 Å². The number of aliphatic imine (C=N–C) groups is 1. The lowest BCUT2D eigenvalue weighted by atomic mass is 10.2. The highest BCUT2D eigenvalue weighted by Gasteiger charge is 2.24. The van der Waals surface area contributed by atoms with Crippen molar-refractivity contribution in [3.05, 3.63) is 46.3 Å². The van der Waals surface area contributed by atoms with E-state index in [1.807, 2.05) is 24.6 Å². The fourth-order valence-electron chi connectivity index (χ4n) is 4.20. The van der Waals surface area contributed by atoms with Crippen molar-refractivity contribution in [1.29, 1.82) is 0 Å². The molecule has 0 bridgehead atoms. The maximum Gasteiger partial charge on any atom is 0.191 e. The van der Waals surface area contributed by atoms with Crippen molar-refractivity contribution in [1.82, 2.24) is 20.5 Å². The maximum absolute atomic E-state index is 4.65. The number of nitrogens with zero attached hydrogens (tertiary/aromatic N) is 4. The van der Waals surface area contributed by atoms with Gasteiger partial charge >= 0.3 is 0 Å². The largest absolute Gasteiger partial charge is 0.357 e. The van der Waals surface area contributed by atoms with E-state index in [1.165, 1.54) is 49.2 Å². The van der Waals surface area contributed by atoms with Crippen molar-refractivity contribution in [2.24, 2.45) is 4.99 Å². The predicted molar refractivity (Wildman–Crippen MR) is 137 cm³/mol. The van der Waals surface area contributed by atoms with E-state index in [9.17, 15) is 0 Å². The maximum atomic E-state index is 4.65. The smallest absolute Gasteiger partial charge is 0.191 e. The summed E-state index contributed by atoms with van der Waals surface area (Å²) in [6.45, 7) is 6.22. The fourth-order valence-corrected chi connectivity index (χ4v) is 5.06. The van der Waals surface area contributed by atoms with Gasteiger partial charge < -0.3 is 15.5 Å². The zero-order valence-electron chi connectivity index (χ0n) is 17.7. The van der Waals surface area contributed by atoms with Crippen LogP contribution in [0.5, 0.6) is 0 Å². The van der Waals surface area contributed by atoms with Crippen LogP contribution < -0.4 is 15.5 Å². The molecule has 2 aromatic rings. The normalized spacial score (nSPS) is 18.3. The van der Waals surface area contributed by atoms with Crippen LogP contribution in [0.3, 0.4) is 0 Å². The number of pyridine rings is 1. The summed E-state index contributed by atoms with van der Waals surface area (Å²) in [5.74, 6) is 1.94. The average molecular weight is 541 g/mol. The van der Waals surface area contributed by atoms with Gasteiger partial charge in [-0.15, -0.1) is 35.3 Å². The number of hydrogen-bond donors (Lipinski definition) is 2. The zero-order chi connectivity index (χ0) is 19.9. The quantitative estimate of drug-likeness (QED) is 0.318. The topological polar surface area (TPSA) is 55.8 Å². The Balaban J connectivity index is 0.00000256. The van der Waals surface area contributed by atoms with E-state index < -0.39 is 0 Å². The molecule has 8 heteroatoms. The van der Waals surface area contributed by atoms with Gasteiger partial charge in [0.2, 0.25) is 0 Å². The van der Waals surface area contributed by atoms with Crippen LogP contribution in [0.25, 0.3) is 0 Å². The second-order valence-electron chi connectivity index (χ2n) is 7.80. The summed E-state index contributed by atoms with van der Waals surface area (Å²) in [5, 5.41) is 9.14. The third-order valence-electron chi connectivity index (χ3n) is 5.84. The molecule has 2 saturated heterocycles. The van der Waals surface area contributed by atoms with E-state index >= 15 is 0 Å². The molecular weight excluding hydrogens is 507 g/mol. The first-order valence-corrected chi connectivity index (χ1v) is 11.6. The number of nitrogens with one attached hydrogen (secondary N) is 2. The summed E-state index contributed by atoms with van der Waals surface area (Å²) in [5.41, 5.74) is 1.17. The van der Waals surface area contributed by atoms with E-state index in [2.05, 4.69) is 60.1 Å². The minimum atomic E-state index is 0. The van der Waals surface area contributed by atoms with Gasteiger partial charge in [0.05, 0.1) is 6.04 Å². The van der Waals surface area contributed by atoms with Gasteiger partial charge in [-0.05, 0) is 61.8 Å². The molecule has 0 amide bonds. The molecule has 0 radical (unpaired) electrons. The molecule has 4 rings (SSSR count). The Morgan fingerprint density at radius 1 is 1.10 bits per heavy atom. The molecule has 0 saturated carbocycles. The van der Waals surface area contributed by atoms with Gasteiger partial charge in [0.25, 0.3) is 0 Å². The van der Waals surface area contributed by atoms with Gasteiger partial charge in [0.1, 0.15) is 5.82 Å². The number of aromatic nitrogens is 1. The van der Waals surface area contributed by atoms with Crippen LogP contribution >= 0.6 is 35.3 Å². The van der Waals surface area contributed by atoms with E-state index in [0.29, 0.717) is 6.04 Å². The van der Waals surface area contributed by atoms with E-state index in [1.54, 1.807) is 0 Å². The molecule has 2 N–H and O–H groups in total. The number of rotatable bonds is 7. The SMILES string of the molecule is CN=C(NCc1ccc(N2CCCC2)nc1)NCC(c1cccs1)N1CCCC1.I. The highest BCUT2D eigenvalue weighted by Crippen LogP contribution is 2.27. The number of thiophene rings is 1. The lowest BCUT2D eigenvalue weighted by Gasteiger charge is -2.27. The molecule has 1 atom stereocenters. The summed E-state index contributed by atoms with van der Waals surface area (Å²) >= 11 is 1.84. The van der Waals surface area contributed by atoms with Crippen LogP contribution in [-0.4, -0.2) is 55.6 Å². The predicted octanol–water partition coefficient (Wildman–Crippen LogP) is 3.86.